The maximum atomic E-state index is 8.99. The van der Waals surface area contributed by atoms with Crippen molar-refractivity contribution in [1.82, 2.24) is 19.9 Å². The molecule has 0 radical (unpaired) electrons. The van der Waals surface area contributed by atoms with Crippen molar-refractivity contribution >= 4 is 5.95 Å². The van der Waals surface area contributed by atoms with Crippen LogP contribution in [0.4, 0.5) is 5.95 Å². The minimum absolute atomic E-state index is 0.358. The largest absolute Gasteiger partial charge is 0.478 e. The van der Waals surface area contributed by atoms with E-state index in [-0.39, 0.29) is 0 Å². The van der Waals surface area contributed by atoms with Gasteiger partial charge in [-0.15, -0.1) is 0 Å². The van der Waals surface area contributed by atoms with Crippen molar-refractivity contribution in [2.24, 2.45) is 17.8 Å². The highest BCUT2D eigenvalue weighted by molar-refractivity contribution is 5.30. The third-order valence-corrected chi connectivity index (χ3v) is 5.84. The van der Waals surface area contributed by atoms with Crippen molar-refractivity contribution in [2.75, 3.05) is 24.6 Å². The number of rotatable bonds is 6. The Balaban J connectivity index is 1.20. The fraction of sp³-hybridized carbons (Fsp3) is 0.571. The van der Waals surface area contributed by atoms with Gasteiger partial charge in [-0.05, 0) is 62.8 Å². The highest BCUT2D eigenvalue weighted by Crippen LogP contribution is 2.49. The maximum Gasteiger partial charge on any atom is 0.225 e. The number of piperidine rings is 1. The molecule has 28 heavy (non-hydrogen) atoms. The van der Waals surface area contributed by atoms with Crippen LogP contribution < -0.4 is 9.64 Å². The number of ether oxygens (including phenoxy) is 1. The molecule has 1 saturated heterocycles. The Morgan fingerprint density at radius 2 is 1.93 bits per heavy atom. The van der Waals surface area contributed by atoms with E-state index in [4.69, 9.17) is 10.00 Å². The molecule has 2 unspecified atom stereocenters. The van der Waals surface area contributed by atoms with Gasteiger partial charge in [0.15, 0.2) is 0 Å². The van der Waals surface area contributed by atoms with Crippen LogP contribution >= 0.6 is 0 Å². The average molecular weight is 378 g/mol. The Hall–Kier alpha value is -2.75. The molecule has 1 aliphatic heterocycles. The molecule has 4 rings (SSSR count). The summed E-state index contributed by atoms with van der Waals surface area (Å²) in [6, 6.07) is 3.66. The molecule has 2 aliphatic rings. The second kappa shape index (κ2) is 8.09. The maximum absolute atomic E-state index is 8.99. The first-order chi connectivity index (χ1) is 13.6. The Morgan fingerprint density at radius 3 is 2.64 bits per heavy atom. The molecule has 0 bridgehead atoms. The molecule has 7 nitrogen and oxygen atoms in total. The van der Waals surface area contributed by atoms with E-state index in [1.165, 1.54) is 19.3 Å². The summed E-state index contributed by atoms with van der Waals surface area (Å²) in [5.74, 6) is 4.33. The van der Waals surface area contributed by atoms with E-state index in [1.807, 2.05) is 25.4 Å². The van der Waals surface area contributed by atoms with E-state index in [2.05, 4.69) is 24.8 Å². The summed E-state index contributed by atoms with van der Waals surface area (Å²) < 4.78 is 5.77. The van der Waals surface area contributed by atoms with Crippen LogP contribution in [0.15, 0.2) is 18.5 Å². The predicted molar refractivity (Wildman–Crippen MR) is 105 cm³/mol. The number of aryl methyl sites for hydroxylation is 2. The molecule has 2 aromatic rings. The van der Waals surface area contributed by atoms with Crippen LogP contribution in [-0.4, -0.2) is 39.6 Å². The first-order valence-corrected chi connectivity index (χ1v) is 10.0. The molecule has 1 aliphatic carbocycles. The van der Waals surface area contributed by atoms with Gasteiger partial charge in [0.25, 0.3) is 0 Å². The summed E-state index contributed by atoms with van der Waals surface area (Å²) >= 11 is 0. The quantitative estimate of drug-likeness (QED) is 0.763. The van der Waals surface area contributed by atoms with Crippen LogP contribution in [0.5, 0.6) is 5.88 Å². The molecule has 3 heterocycles. The molecular weight excluding hydrogens is 352 g/mol. The van der Waals surface area contributed by atoms with E-state index in [0.29, 0.717) is 24.0 Å². The van der Waals surface area contributed by atoms with Crippen molar-refractivity contribution in [1.29, 1.82) is 5.26 Å². The smallest absolute Gasteiger partial charge is 0.225 e. The Bertz CT molecular complexity index is 854. The summed E-state index contributed by atoms with van der Waals surface area (Å²) in [5, 5.41) is 8.99. The molecule has 146 valence electrons. The summed E-state index contributed by atoms with van der Waals surface area (Å²) in [4.78, 5) is 19.5. The zero-order valence-electron chi connectivity index (χ0n) is 16.5. The van der Waals surface area contributed by atoms with Gasteiger partial charge in [0.1, 0.15) is 17.6 Å². The number of nitriles is 1. The minimum atomic E-state index is 0.358. The van der Waals surface area contributed by atoms with Crippen LogP contribution in [0.25, 0.3) is 0 Å². The molecule has 0 spiro atoms. The highest BCUT2D eigenvalue weighted by atomic mass is 16.5. The second-order valence-corrected chi connectivity index (χ2v) is 7.93. The number of hydrogen-bond donors (Lipinski definition) is 0. The first-order valence-electron chi connectivity index (χ1n) is 10.0. The van der Waals surface area contributed by atoms with Crippen LogP contribution in [0.3, 0.4) is 0 Å². The number of hydrogen-bond acceptors (Lipinski definition) is 7. The third-order valence-electron chi connectivity index (χ3n) is 5.84. The van der Waals surface area contributed by atoms with E-state index in [1.54, 1.807) is 13.0 Å². The monoisotopic (exact) mass is 378 g/mol. The van der Waals surface area contributed by atoms with Crippen LogP contribution in [0.2, 0.25) is 0 Å². The highest BCUT2D eigenvalue weighted by Gasteiger charge is 2.43. The predicted octanol–water partition coefficient (Wildman–Crippen LogP) is 3.08. The summed E-state index contributed by atoms with van der Waals surface area (Å²) in [6.45, 7) is 6.54. The van der Waals surface area contributed by atoms with Crippen LogP contribution in [-0.2, 0) is 0 Å². The van der Waals surface area contributed by atoms with Crippen LogP contribution in [0.1, 0.15) is 42.8 Å². The van der Waals surface area contributed by atoms with Gasteiger partial charge in [-0.1, -0.05) is 0 Å². The van der Waals surface area contributed by atoms with Crippen LogP contribution in [0, 0.1) is 42.9 Å². The lowest BCUT2D eigenvalue weighted by Crippen LogP contribution is -2.35. The minimum Gasteiger partial charge on any atom is -0.478 e. The molecule has 2 atom stereocenters. The Labute approximate surface area is 165 Å². The van der Waals surface area contributed by atoms with E-state index in [0.717, 1.165) is 48.8 Å². The zero-order chi connectivity index (χ0) is 19.5. The number of anilines is 1. The fourth-order valence-electron chi connectivity index (χ4n) is 4.24. The van der Waals surface area contributed by atoms with Gasteiger partial charge in [-0.25, -0.2) is 15.0 Å². The van der Waals surface area contributed by atoms with Crippen molar-refractivity contribution in [3.8, 4) is 11.9 Å². The molecule has 7 heteroatoms. The van der Waals surface area contributed by atoms with Gasteiger partial charge < -0.3 is 9.64 Å². The lowest BCUT2D eigenvalue weighted by atomic mass is 9.90. The third kappa shape index (κ3) is 4.38. The summed E-state index contributed by atoms with van der Waals surface area (Å²) in [6.07, 6.45) is 8.58. The van der Waals surface area contributed by atoms with Gasteiger partial charge in [0.2, 0.25) is 11.8 Å². The van der Waals surface area contributed by atoms with E-state index in [9.17, 15) is 0 Å². The van der Waals surface area contributed by atoms with Gasteiger partial charge in [0.05, 0.1) is 6.61 Å². The van der Waals surface area contributed by atoms with Gasteiger partial charge in [-0.3, -0.25) is 0 Å². The molecular formula is C21H26N6O. The van der Waals surface area contributed by atoms with Gasteiger partial charge in [0, 0.05) is 31.5 Å². The molecule has 1 saturated carbocycles. The van der Waals surface area contributed by atoms with Crippen molar-refractivity contribution < 1.29 is 4.74 Å². The van der Waals surface area contributed by atoms with E-state index < -0.39 is 0 Å². The average Bonchev–Trinajstić information content (AvgIpc) is 3.48. The molecule has 2 fully saturated rings. The molecule has 0 N–H and O–H groups in total. The lowest BCUT2D eigenvalue weighted by Gasteiger charge is -2.32. The number of nitrogens with zero attached hydrogens (tertiary/aromatic N) is 6. The van der Waals surface area contributed by atoms with Crippen molar-refractivity contribution in [3.63, 3.8) is 0 Å². The molecule has 0 aromatic carbocycles. The SMILES string of the molecule is Cc1cnc(N2CCC(C3CC3CCOc3cc(C#N)nc(C)n3)CC2)nc1. The van der Waals surface area contributed by atoms with E-state index >= 15 is 0 Å². The van der Waals surface area contributed by atoms with Crippen molar-refractivity contribution in [3.05, 3.63) is 35.5 Å². The fourth-order valence-corrected chi connectivity index (χ4v) is 4.24. The summed E-state index contributed by atoms with van der Waals surface area (Å²) in [7, 11) is 0. The van der Waals surface area contributed by atoms with Gasteiger partial charge in [-0.2, -0.15) is 10.2 Å². The normalized spacial score (nSPS) is 22.0. The Morgan fingerprint density at radius 1 is 1.18 bits per heavy atom. The standard InChI is InChI=1S/C21H26N6O/c1-14-12-23-21(24-13-14)27-6-3-16(4-7-27)19-9-17(19)5-8-28-20-10-18(11-22)25-15(2)26-20/h10,12-13,16-17,19H,3-9H2,1-2H3. The van der Waals surface area contributed by atoms with Crippen molar-refractivity contribution in [2.45, 2.75) is 39.5 Å². The lowest BCUT2D eigenvalue weighted by molar-refractivity contribution is 0.275. The topological polar surface area (TPSA) is 87.8 Å². The summed E-state index contributed by atoms with van der Waals surface area (Å²) in [5.41, 5.74) is 1.46. The number of aromatic nitrogens is 4. The second-order valence-electron chi connectivity index (χ2n) is 7.93. The first kappa shape index (κ1) is 18.6. The van der Waals surface area contributed by atoms with Gasteiger partial charge >= 0.3 is 0 Å². The molecule has 2 aromatic heterocycles. The Kier molecular flexibility index (Phi) is 5.38. The zero-order valence-corrected chi connectivity index (χ0v) is 16.5. The molecule has 0 amide bonds.